The molecule has 1 aromatic rings. The molecule has 0 radical (unpaired) electrons. The maximum Gasteiger partial charge on any atom is 0.227 e. The molecule has 0 spiro atoms. The number of phenols is 1. The lowest BCUT2D eigenvalue weighted by molar-refractivity contribution is -0.132. The zero-order valence-electron chi connectivity index (χ0n) is 10.9. The van der Waals surface area contributed by atoms with Crippen molar-refractivity contribution in [2.75, 3.05) is 13.1 Å². The summed E-state index contributed by atoms with van der Waals surface area (Å²) in [7, 11) is 0. The Bertz CT molecular complexity index is 406. The van der Waals surface area contributed by atoms with Crippen molar-refractivity contribution in [2.24, 2.45) is 0 Å². The summed E-state index contributed by atoms with van der Waals surface area (Å²) in [5.74, 6) is 0.386. The van der Waals surface area contributed by atoms with Gasteiger partial charge in [-0.2, -0.15) is 0 Å². The quantitative estimate of drug-likeness (QED) is 0.825. The third-order valence-electron chi connectivity index (χ3n) is 3.20. The lowest BCUT2D eigenvalue weighted by atomic mass is 10.1. The van der Waals surface area contributed by atoms with E-state index in [4.69, 9.17) is 0 Å². The van der Waals surface area contributed by atoms with E-state index in [2.05, 4.69) is 19.2 Å². The Balaban J connectivity index is 1.97. The van der Waals surface area contributed by atoms with Gasteiger partial charge in [0, 0.05) is 25.2 Å². The SMILES string of the molecule is CC1CN(C(=O)Cc2ccc(O)cc2)CC(C)N1. The average Bonchev–Trinajstić information content (AvgIpc) is 2.31. The molecule has 4 heteroatoms. The Labute approximate surface area is 108 Å². The Morgan fingerprint density at radius 1 is 1.28 bits per heavy atom. The lowest BCUT2D eigenvalue weighted by Crippen LogP contribution is -2.56. The van der Waals surface area contributed by atoms with Gasteiger partial charge in [-0.15, -0.1) is 0 Å². The van der Waals surface area contributed by atoms with Crippen molar-refractivity contribution in [1.82, 2.24) is 10.2 Å². The molecule has 1 heterocycles. The second kappa shape index (κ2) is 5.40. The predicted octanol–water partition coefficient (Wildman–Crippen LogP) is 1.14. The van der Waals surface area contributed by atoms with Crippen LogP contribution >= 0.6 is 0 Å². The number of aromatic hydroxyl groups is 1. The molecule has 1 fully saturated rings. The lowest BCUT2D eigenvalue weighted by Gasteiger charge is -2.36. The first kappa shape index (κ1) is 12.9. The van der Waals surface area contributed by atoms with Crippen LogP contribution in [0.4, 0.5) is 0 Å². The normalized spacial score (nSPS) is 24.0. The summed E-state index contributed by atoms with van der Waals surface area (Å²) in [5, 5.41) is 12.6. The molecule has 1 aliphatic rings. The van der Waals surface area contributed by atoms with Gasteiger partial charge in [0.2, 0.25) is 5.91 Å². The molecular weight excluding hydrogens is 228 g/mol. The molecular formula is C14H20N2O2. The number of piperazine rings is 1. The van der Waals surface area contributed by atoms with Crippen LogP contribution in [0.2, 0.25) is 0 Å². The van der Waals surface area contributed by atoms with E-state index in [1.54, 1.807) is 24.3 Å². The van der Waals surface area contributed by atoms with Gasteiger partial charge >= 0.3 is 0 Å². The number of carbonyl (C=O) groups is 1. The molecule has 18 heavy (non-hydrogen) atoms. The molecule has 2 atom stereocenters. The van der Waals surface area contributed by atoms with Crippen molar-refractivity contribution in [3.8, 4) is 5.75 Å². The second-order valence-corrected chi connectivity index (χ2v) is 5.11. The van der Waals surface area contributed by atoms with Crippen LogP contribution in [0.15, 0.2) is 24.3 Å². The van der Waals surface area contributed by atoms with E-state index in [1.165, 1.54) is 0 Å². The zero-order valence-corrected chi connectivity index (χ0v) is 10.9. The molecule has 0 aromatic heterocycles. The highest BCUT2D eigenvalue weighted by molar-refractivity contribution is 5.79. The number of phenolic OH excluding ortho intramolecular Hbond substituents is 1. The second-order valence-electron chi connectivity index (χ2n) is 5.11. The van der Waals surface area contributed by atoms with Gasteiger partial charge in [0.25, 0.3) is 0 Å². The molecule has 0 saturated carbocycles. The number of benzene rings is 1. The van der Waals surface area contributed by atoms with E-state index in [0.29, 0.717) is 18.5 Å². The maximum atomic E-state index is 12.2. The van der Waals surface area contributed by atoms with Crippen molar-refractivity contribution in [3.05, 3.63) is 29.8 Å². The minimum absolute atomic E-state index is 0.154. The van der Waals surface area contributed by atoms with Crippen molar-refractivity contribution < 1.29 is 9.90 Å². The van der Waals surface area contributed by atoms with Crippen LogP contribution in [0, 0.1) is 0 Å². The first-order valence-electron chi connectivity index (χ1n) is 6.36. The molecule has 1 aliphatic heterocycles. The standard InChI is InChI=1S/C14H20N2O2/c1-10-8-16(9-11(2)15-10)14(18)7-12-3-5-13(17)6-4-12/h3-6,10-11,15,17H,7-9H2,1-2H3. The molecule has 4 nitrogen and oxygen atoms in total. The van der Waals surface area contributed by atoms with Crippen LogP contribution in [-0.2, 0) is 11.2 Å². The minimum atomic E-state index is 0.154. The Morgan fingerprint density at radius 3 is 2.39 bits per heavy atom. The van der Waals surface area contributed by atoms with Gasteiger partial charge < -0.3 is 15.3 Å². The van der Waals surface area contributed by atoms with Crippen molar-refractivity contribution in [3.63, 3.8) is 0 Å². The summed E-state index contributed by atoms with van der Waals surface area (Å²) in [6, 6.07) is 7.51. The number of nitrogens with one attached hydrogen (secondary N) is 1. The van der Waals surface area contributed by atoms with Gasteiger partial charge in [0.15, 0.2) is 0 Å². The molecule has 0 aliphatic carbocycles. The minimum Gasteiger partial charge on any atom is -0.508 e. The first-order valence-corrected chi connectivity index (χ1v) is 6.36. The third kappa shape index (κ3) is 3.23. The average molecular weight is 248 g/mol. The van der Waals surface area contributed by atoms with E-state index in [9.17, 15) is 9.90 Å². The Kier molecular flexibility index (Phi) is 3.87. The number of carbonyl (C=O) groups excluding carboxylic acids is 1. The molecule has 2 unspecified atom stereocenters. The third-order valence-corrected chi connectivity index (χ3v) is 3.20. The highest BCUT2D eigenvalue weighted by Gasteiger charge is 2.24. The first-order chi connectivity index (χ1) is 8.54. The van der Waals surface area contributed by atoms with E-state index >= 15 is 0 Å². The molecule has 2 N–H and O–H groups in total. The van der Waals surface area contributed by atoms with Crippen LogP contribution in [0.3, 0.4) is 0 Å². The summed E-state index contributed by atoms with van der Waals surface area (Å²) in [6.45, 7) is 5.72. The maximum absolute atomic E-state index is 12.2. The summed E-state index contributed by atoms with van der Waals surface area (Å²) in [6.07, 6.45) is 0.402. The topological polar surface area (TPSA) is 52.6 Å². The number of hydrogen-bond acceptors (Lipinski definition) is 3. The van der Waals surface area contributed by atoms with Gasteiger partial charge in [-0.3, -0.25) is 4.79 Å². The van der Waals surface area contributed by atoms with Gasteiger partial charge in [-0.1, -0.05) is 12.1 Å². The number of amides is 1. The largest absolute Gasteiger partial charge is 0.508 e. The van der Waals surface area contributed by atoms with Gasteiger partial charge in [-0.05, 0) is 31.5 Å². The van der Waals surface area contributed by atoms with Crippen LogP contribution in [0.5, 0.6) is 5.75 Å². The van der Waals surface area contributed by atoms with Crippen molar-refractivity contribution in [1.29, 1.82) is 0 Å². The molecule has 0 bridgehead atoms. The van der Waals surface area contributed by atoms with Crippen molar-refractivity contribution in [2.45, 2.75) is 32.4 Å². The Hall–Kier alpha value is -1.55. The molecule has 1 saturated heterocycles. The number of nitrogens with zero attached hydrogens (tertiary/aromatic N) is 1. The van der Waals surface area contributed by atoms with E-state index in [1.807, 2.05) is 4.90 Å². The summed E-state index contributed by atoms with van der Waals surface area (Å²) in [5.41, 5.74) is 0.941. The van der Waals surface area contributed by atoms with Crippen LogP contribution < -0.4 is 5.32 Å². The van der Waals surface area contributed by atoms with E-state index in [0.717, 1.165) is 18.7 Å². The van der Waals surface area contributed by atoms with Gasteiger partial charge in [-0.25, -0.2) is 0 Å². The predicted molar refractivity (Wildman–Crippen MR) is 70.5 cm³/mol. The molecule has 2 rings (SSSR count). The Morgan fingerprint density at radius 2 is 1.83 bits per heavy atom. The summed E-state index contributed by atoms with van der Waals surface area (Å²) in [4.78, 5) is 14.1. The molecule has 98 valence electrons. The number of rotatable bonds is 2. The van der Waals surface area contributed by atoms with Gasteiger partial charge in [0.1, 0.15) is 5.75 Å². The highest BCUT2D eigenvalue weighted by Crippen LogP contribution is 2.12. The fraction of sp³-hybridized carbons (Fsp3) is 0.500. The zero-order chi connectivity index (χ0) is 13.1. The summed E-state index contributed by atoms with van der Waals surface area (Å²) >= 11 is 0. The highest BCUT2D eigenvalue weighted by atomic mass is 16.3. The number of hydrogen-bond donors (Lipinski definition) is 2. The fourth-order valence-corrected chi connectivity index (χ4v) is 2.43. The van der Waals surface area contributed by atoms with E-state index in [-0.39, 0.29) is 11.7 Å². The molecule has 1 amide bonds. The van der Waals surface area contributed by atoms with Crippen LogP contribution in [-0.4, -0.2) is 41.1 Å². The van der Waals surface area contributed by atoms with Crippen molar-refractivity contribution >= 4 is 5.91 Å². The molecule has 1 aromatic carbocycles. The van der Waals surface area contributed by atoms with Gasteiger partial charge in [0.05, 0.1) is 6.42 Å². The van der Waals surface area contributed by atoms with Crippen LogP contribution in [0.1, 0.15) is 19.4 Å². The fourth-order valence-electron chi connectivity index (χ4n) is 2.43. The summed E-state index contributed by atoms with van der Waals surface area (Å²) < 4.78 is 0. The van der Waals surface area contributed by atoms with E-state index < -0.39 is 0 Å². The van der Waals surface area contributed by atoms with Crippen LogP contribution in [0.25, 0.3) is 0 Å². The smallest absolute Gasteiger partial charge is 0.227 e. The monoisotopic (exact) mass is 248 g/mol.